The molecule has 17 heavy (non-hydrogen) atoms. The third kappa shape index (κ3) is 3.34. The van der Waals surface area contributed by atoms with Crippen LogP contribution < -0.4 is 5.73 Å². The summed E-state index contributed by atoms with van der Waals surface area (Å²) in [6.45, 7) is 2.04. The van der Waals surface area contributed by atoms with Crippen LogP contribution in [0.2, 0.25) is 0 Å². The molecule has 0 aliphatic heterocycles. The van der Waals surface area contributed by atoms with Gasteiger partial charge in [-0.1, -0.05) is 13.3 Å². The van der Waals surface area contributed by atoms with Gasteiger partial charge >= 0.3 is 5.97 Å². The van der Waals surface area contributed by atoms with Crippen LogP contribution in [0.1, 0.15) is 24.9 Å². The molecule has 0 saturated heterocycles. The Bertz CT molecular complexity index is 395. The number of halogens is 2. The van der Waals surface area contributed by atoms with Gasteiger partial charge in [-0.25, -0.2) is 4.98 Å². The quantitative estimate of drug-likeness (QED) is 0.688. The van der Waals surface area contributed by atoms with Gasteiger partial charge in [0.25, 0.3) is 0 Å². The molecular formula is C10H15Cl2N3O2. The molecule has 4 N–H and O–H groups in total. The lowest BCUT2D eigenvalue weighted by Gasteiger charge is -2.24. The number of aliphatic carboxylic acids is 1. The maximum absolute atomic E-state index is 11.1. The summed E-state index contributed by atoms with van der Waals surface area (Å²) in [4.78, 5) is 16.9. The molecule has 0 radical (unpaired) electrons. The third-order valence-corrected chi connectivity index (χ3v) is 3.23. The van der Waals surface area contributed by atoms with Crippen LogP contribution >= 0.6 is 23.2 Å². The second kappa shape index (κ2) is 5.71. The summed E-state index contributed by atoms with van der Waals surface area (Å²) in [6, 6.07) is 0. The van der Waals surface area contributed by atoms with Crippen molar-refractivity contribution >= 4 is 29.2 Å². The number of carboxylic acids is 1. The molecule has 0 aromatic carbocycles. The Morgan fingerprint density at radius 3 is 2.82 bits per heavy atom. The Balaban J connectivity index is 2.83. The highest BCUT2D eigenvalue weighted by Crippen LogP contribution is 2.22. The number of carboxylic acid groups (broad SMARTS) is 1. The molecule has 1 aromatic heterocycles. The van der Waals surface area contributed by atoms with Gasteiger partial charge in [0.2, 0.25) is 0 Å². The first-order chi connectivity index (χ1) is 7.90. The Labute approximate surface area is 109 Å². The molecule has 1 unspecified atom stereocenters. The molecule has 5 nitrogen and oxygen atoms in total. The second-order valence-electron chi connectivity index (χ2n) is 3.93. The normalized spacial score (nSPS) is 14.9. The van der Waals surface area contributed by atoms with Crippen LogP contribution in [-0.4, -0.2) is 31.4 Å². The predicted molar refractivity (Wildman–Crippen MR) is 66.3 cm³/mol. The van der Waals surface area contributed by atoms with Crippen molar-refractivity contribution in [2.24, 2.45) is 5.73 Å². The Morgan fingerprint density at radius 1 is 1.71 bits per heavy atom. The highest BCUT2D eigenvalue weighted by Gasteiger charge is 2.41. The number of aromatic amines is 1. The van der Waals surface area contributed by atoms with Crippen molar-refractivity contribution in [3.63, 3.8) is 0 Å². The molecule has 7 heteroatoms. The zero-order valence-electron chi connectivity index (χ0n) is 9.41. The Hall–Kier alpha value is -0.780. The third-order valence-electron chi connectivity index (χ3n) is 2.45. The number of nitrogens with one attached hydrogen (secondary N) is 1. The minimum absolute atomic E-state index is 0.0380. The van der Waals surface area contributed by atoms with Crippen LogP contribution in [0.5, 0.6) is 0 Å². The highest BCUT2D eigenvalue weighted by atomic mass is 35.5. The standard InChI is InChI=1S/C10H15Cl2N3O2/c1-2-3-6-5-14-7(15-6)4-10(13,8(11)12)9(16)17/h5,8H,2-4,13H2,1H3,(H,14,15)(H,16,17). The van der Waals surface area contributed by atoms with E-state index in [2.05, 4.69) is 9.97 Å². The molecule has 1 rings (SSSR count). The molecule has 0 saturated carbocycles. The van der Waals surface area contributed by atoms with E-state index in [4.69, 9.17) is 34.0 Å². The average molecular weight is 280 g/mol. The van der Waals surface area contributed by atoms with E-state index in [9.17, 15) is 4.79 Å². The van der Waals surface area contributed by atoms with E-state index in [1.54, 1.807) is 6.20 Å². The minimum atomic E-state index is -1.73. The number of hydrogen-bond donors (Lipinski definition) is 3. The zero-order valence-corrected chi connectivity index (χ0v) is 10.9. The first-order valence-electron chi connectivity index (χ1n) is 5.23. The van der Waals surface area contributed by atoms with E-state index in [1.165, 1.54) is 0 Å². The van der Waals surface area contributed by atoms with Crippen molar-refractivity contribution in [1.29, 1.82) is 0 Å². The van der Waals surface area contributed by atoms with Gasteiger partial charge in [-0.15, -0.1) is 23.2 Å². The fraction of sp³-hybridized carbons (Fsp3) is 0.600. The van der Waals surface area contributed by atoms with Gasteiger partial charge in [0.15, 0.2) is 5.54 Å². The van der Waals surface area contributed by atoms with Gasteiger partial charge in [-0.2, -0.15) is 0 Å². The molecule has 1 aromatic rings. The van der Waals surface area contributed by atoms with Crippen molar-refractivity contribution in [3.8, 4) is 0 Å². The van der Waals surface area contributed by atoms with Crippen LogP contribution in [-0.2, 0) is 17.6 Å². The van der Waals surface area contributed by atoms with Crippen LogP contribution in [0.4, 0.5) is 0 Å². The average Bonchev–Trinajstić information content (AvgIpc) is 2.65. The van der Waals surface area contributed by atoms with E-state index in [0.29, 0.717) is 5.82 Å². The minimum Gasteiger partial charge on any atom is -0.480 e. The molecule has 0 fully saturated rings. The lowest BCUT2D eigenvalue weighted by molar-refractivity contribution is -0.142. The van der Waals surface area contributed by atoms with Crippen molar-refractivity contribution < 1.29 is 9.90 Å². The monoisotopic (exact) mass is 279 g/mol. The maximum Gasteiger partial charge on any atom is 0.326 e. The number of nitrogens with zero attached hydrogens (tertiary/aromatic N) is 1. The number of nitrogens with two attached hydrogens (primary N) is 1. The fourth-order valence-electron chi connectivity index (χ4n) is 1.42. The van der Waals surface area contributed by atoms with Crippen LogP contribution in [0.25, 0.3) is 0 Å². The molecule has 0 spiro atoms. The Kier molecular flexibility index (Phi) is 4.80. The van der Waals surface area contributed by atoms with Crippen molar-refractivity contribution in [2.45, 2.75) is 36.6 Å². The summed E-state index contributed by atoms with van der Waals surface area (Å²) in [6.07, 6.45) is 3.45. The van der Waals surface area contributed by atoms with Crippen LogP contribution in [0.15, 0.2) is 6.20 Å². The highest BCUT2D eigenvalue weighted by molar-refractivity contribution is 6.46. The number of carbonyl (C=O) groups is 1. The van der Waals surface area contributed by atoms with Gasteiger partial charge in [-0.05, 0) is 6.42 Å². The van der Waals surface area contributed by atoms with Gasteiger partial charge in [0, 0.05) is 18.3 Å². The number of aromatic nitrogens is 2. The lowest BCUT2D eigenvalue weighted by Crippen LogP contribution is -2.55. The number of hydrogen-bond acceptors (Lipinski definition) is 3. The van der Waals surface area contributed by atoms with Gasteiger partial charge in [-0.3, -0.25) is 4.79 Å². The van der Waals surface area contributed by atoms with Crippen LogP contribution in [0, 0.1) is 0 Å². The topological polar surface area (TPSA) is 92.0 Å². The van der Waals surface area contributed by atoms with Gasteiger partial charge in [0.1, 0.15) is 10.7 Å². The number of imidazole rings is 1. The van der Waals surface area contributed by atoms with Crippen LogP contribution in [0.3, 0.4) is 0 Å². The van der Waals surface area contributed by atoms with E-state index in [-0.39, 0.29) is 6.42 Å². The van der Waals surface area contributed by atoms with Gasteiger partial charge in [0.05, 0.1) is 0 Å². The zero-order chi connectivity index (χ0) is 13.1. The molecule has 0 bridgehead atoms. The molecule has 0 amide bonds. The molecular weight excluding hydrogens is 265 g/mol. The predicted octanol–water partition coefficient (Wildman–Crippen LogP) is 1.49. The summed E-state index contributed by atoms with van der Waals surface area (Å²) in [7, 11) is 0. The molecule has 0 aliphatic carbocycles. The SMILES string of the molecule is CCCc1cnc(CC(N)(C(=O)O)C(Cl)Cl)[nH]1. The number of alkyl halides is 2. The first kappa shape index (κ1) is 14.3. The van der Waals surface area contributed by atoms with E-state index < -0.39 is 16.3 Å². The summed E-state index contributed by atoms with van der Waals surface area (Å²) in [5.41, 5.74) is 4.88. The van der Waals surface area contributed by atoms with Gasteiger partial charge < -0.3 is 15.8 Å². The molecule has 0 aliphatic rings. The van der Waals surface area contributed by atoms with E-state index >= 15 is 0 Å². The largest absolute Gasteiger partial charge is 0.480 e. The van der Waals surface area contributed by atoms with Crippen molar-refractivity contribution in [2.75, 3.05) is 0 Å². The summed E-state index contributed by atoms with van der Waals surface area (Å²) >= 11 is 11.2. The number of aryl methyl sites for hydroxylation is 1. The summed E-state index contributed by atoms with van der Waals surface area (Å²) in [5, 5.41) is 9.04. The maximum atomic E-state index is 11.1. The smallest absolute Gasteiger partial charge is 0.326 e. The molecule has 1 atom stereocenters. The second-order valence-corrected chi connectivity index (χ2v) is 5.02. The molecule has 96 valence electrons. The first-order valence-corrected chi connectivity index (χ1v) is 6.10. The van der Waals surface area contributed by atoms with Crippen molar-refractivity contribution in [3.05, 3.63) is 17.7 Å². The Morgan fingerprint density at radius 2 is 2.35 bits per heavy atom. The van der Waals surface area contributed by atoms with E-state index in [0.717, 1.165) is 18.5 Å². The molecule has 1 heterocycles. The van der Waals surface area contributed by atoms with Crippen molar-refractivity contribution in [1.82, 2.24) is 9.97 Å². The number of rotatable bonds is 6. The lowest BCUT2D eigenvalue weighted by atomic mass is 9.99. The summed E-state index contributed by atoms with van der Waals surface area (Å²) < 4.78 is 0. The fourth-order valence-corrected chi connectivity index (χ4v) is 1.76. The summed E-state index contributed by atoms with van der Waals surface area (Å²) in [5.74, 6) is -0.773. The number of H-pyrrole nitrogens is 1. The van der Waals surface area contributed by atoms with E-state index in [1.807, 2.05) is 6.92 Å².